The Labute approximate surface area is 122 Å². The Morgan fingerprint density at radius 1 is 1.25 bits per heavy atom. The molecule has 0 aromatic heterocycles. The van der Waals surface area contributed by atoms with Gasteiger partial charge < -0.3 is 4.74 Å². The van der Waals surface area contributed by atoms with Gasteiger partial charge in [-0.3, -0.25) is 0 Å². The fourth-order valence-electron chi connectivity index (χ4n) is 2.77. The molecule has 0 radical (unpaired) electrons. The van der Waals surface area contributed by atoms with Crippen molar-refractivity contribution in [2.45, 2.75) is 38.8 Å². The monoisotopic (exact) mass is 287 g/mol. The Kier molecular flexibility index (Phi) is 3.25. The number of aliphatic imine (C=N–C) groups is 1. The Balaban J connectivity index is 2.10. The molecule has 0 saturated carbocycles. The number of hydrogen-bond acceptors (Lipinski definition) is 2. The van der Waals surface area contributed by atoms with Crippen LogP contribution in [0, 0.1) is 0 Å². The third-order valence-corrected chi connectivity index (χ3v) is 5.83. The van der Waals surface area contributed by atoms with Gasteiger partial charge in [-0.05, 0) is 57.0 Å². The van der Waals surface area contributed by atoms with Crippen molar-refractivity contribution in [1.82, 2.24) is 0 Å². The number of rotatable bonds is 2. The van der Waals surface area contributed by atoms with E-state index in [1.807, 2.05) is 0 Å². The van der Waals surface area contributed by atoms with Crippen LogP contribution in [0.3, 0.4) is 0 Å². The van der Waals surface area contributed by atoms with Crippen LogP contribution in [0.25, 0.3) is 5.57 Å². The number of nitrogens with zero attached hydrogens (tertiary/aromatic N) is 1. The zero-order valence-electron chi connectivity index (χ0n) is 12.9. The van der Waals surface area contributed by atoms with Crippen molar-refractivity contribution >= 4 is 19.4 Å². The summed E-state index contributed by atoms with van der Waals surface area (Å²) in [6.45, 7) is 11.0. The van der Waals surface area contributed by atoms with Crippen LogP contribution in [0.5, 0.6) is 0 Å². The van der Waals surface area contributed by atoms with E-state index >= 15 is 0 Å². The fourth-order valence-corrected chi connectivity index (χ4v) is 3.92. The van der Waals surface area contributed by atoms with E-state index < -0.39 is 0 Å². The molecule has 1 heterocycles. The zero-order chi connectivity index (χ0) is 14.5. The summed E-state index contributed by atoms with van der Waals surface area (Å²) >= 11 is 0. The summed E-state index contributed by atoms with van der Waals surface area (Å²) in [5.41, 5.74) is 3.81. The molecule has 2 nitrogen and oxygen atoms in total. The predicted molar refractivity (Wildman–Crippen MR) is 87.9 cm³/mol. The first-order chi connectivity index (χ1) is 9.40. The van der Waals surface area contributed by atoms with E-state index in [0.717, 1.165) is 12.3 Å². The third-order valence-electron chi connectivity index (χ3n) is 4.36. The number of benzene rings is 1. The standard InChI is InChI=1S/C17H22NOP/c1-11-17(2,3)19-16(18-11)15-13-9-7-6-8-12(13)10-14(15)20(4)5/h6-9,11H,10H2,1-5H3. The summed E-state index contributed by atoms with van der Waals surface area (Å²) in [5, 5.41) is 1.52. The summed E-state index contributed by atoms with van der Waals surface area (Å²) < 4.78 is 6.18. The molecule has 0 bridgehead atoms. The molecule has 2 aliphatic rings. The molecule has 1 aromatic carbocycles. The molecule has 1 aliphatic heterocycles. The minimum absolute atomic E-state index is 0.130. The first kappa shape index (κ1) is 13.8. The Bertz CT molecular complexity index is 613. The lowest BCUT2D eigenvalue weighted by Gasteiger charge is -2.22. The van der Waals surface area contributed by atoms with Crippen molar-refractivity contribution in [3.8, 4) is 0 Å². The van der Waals surface area contributed by atoms with Gasteiger partial charge in [-0.25, -0.2) is 4.99 Å². The number of hydrogen-bond donors (Lipinski definition) is 0. The topological polar surface area (TPSA) is 21.6 Å². The summed E-state index contributed by atoms with van der Waals surface area (Å²) in [6.07, 6.45) is 1.06. The van der Waals surface area contributed by atoms with Gasteiger partial charge in [0, 0.05) is 5.57 Å². The smallest absolute Gasteiger partial charge is 0.218 e. The van der Waals surface area contributed by atoms with Crippen molar-refractivity contribution in [2.24, 2.45) is 4.99 Å². The van der Waals surface area contributed by atoms with Gasteiger partial charge in [0.1, 0.15) is 5.60 Å². The van der Waals surface area contributed by atoms with Crippen molar-refractivity contribution in [1.29, 1.82) is 0 Å². The predicted octanol–water partition coefficient (Wildman–Crippen LogP) is 4.29. The maximum atomic E-state index is 6.18. The highest BCUT2D eigenvalue weighted by atomic mass is 31.1. The molecule has 3 rings (SSSR count). The molecule has 1 atom stereocenters. The van der Waals surface area contributed by atoms with Gasteiger partial charge in [-0.15, -0.1) is 0 Å². The average Bonchev–Trinajstić information content (AvgIpc) is 2.88. The maximum absolute atomic E-state index is 6.18. The van der Waals surface area contributed by atoms with Crippen LogP contribution in [0.2, 0.25) is 0 Å². The second kappa shape index (κ2) is 4.70. The van der Waals surface area contributed by atoms with E-state index in [9.17, 15) is 0 Å². The van der Waals surface area contributed by atoms with Gasteiger partial charge >= 0.3 is 0 Å². The van der Waals surface area contributed by atoms with E-state index in [1.54, 1.807) is 0 Å². The third kappa shape index (κ3) is 2.11. The van der Waals surface area contributed by atoms with Gasteiger partial charge in [0.25, 0.3) is 0 Å². The second-order valence-electron chi connectivity index (χ2n) is 6.37. The number of allylic oxidation sites excluding steroid dienone is 1. The van der Waals surface area contributed by atoms with Gasteiger partial charge in [0.15, 0.2) is 0 Å². The second-order valence-corrected chi connectivity index (χ2v) is 8.69. The van der Waals surface area contributed by atoms with Crippen LogP contribution in [0.15, 0.2) is 34.6 Å². The summed E-state index contributed by atoms with van der Waals surface area (Å²) in [7, 11) is -0.130. The largest absolute Gasteiger partial charge is 0.469 e. The van der Waals surface area contributed by atoms with Crippen LogP contribution < -0.4 is 0 Å². The van der Waals surface area contributed by atoms with Crippen molar-refractivity contribution in [2.75, 3.05) is 13.3 Å². The Hall–Kier alpha value is -1.14. The van der Waals surface area contributed by atoms with Gasteiger partial charge in [0.05, 0.1) is 6.04 Å². The first-order valence-corrected chi connectivity index (χ1v) is 9.39. The first-order valence-electron chi connectivity index (χ1n) is 7.16. The molecule has 0 N–H and O–H groups in total. The molecule has 1 unspecified atom stereocenters. The molecule has 3 heteroatoms. The highest BCUT2D eigenvalue weighted by Gasteiger charge is 2.39. The molecule has 0 saturated heterocycles. The minimum atomic E-state index is -0.199. The molecule has 1 aliphatic carbocycles. The number of fused-ring (bicyclic) bond motifs is 1. The maximum Gasteiger partial charge on any atom is 0.218 e. The normalized spacial score (nSPS) is 23.9. The summed E-state index contributed by atoms with van der Waals surface area (Å²) in [6, 6.07) is 8.87. The van der Waals surface area contributed by atoms with E-state index in [-0.39, 0.29) is 19.6 Å². The van der Waals surface area contributed by atoms with E-state index in [0.29, 0.717) is 0 Å². The summed E-state index contributed by atoms with van der Waals surface area (Å²) in [4.78, 5) is 4.80. The molecule has 1 aromatic rings. The van der Waals surface area contributed by atoms with E-state index in [1.165, 1.54) is 22.0 Å². The quantitative estimate of drug-likeness (QED) is 0.743. The zero-order valence-corrected chi connectivity index (χ0v) is 13.8. The highest BCUT2D eigenvalue weighted by molar-refractivity contribution is 7.60. The fraction of sp³-hybridized carbons (Fsp3) is 0.471. The van der Waals surface area contributed by atoms with E-state index in [2.05, 4.69) is 58.4 Å². The Morgan fingerprint density at radius 2 is 1.95 bits per heavy atom. The van der Waals surface area contributed by atoms with Gasteiger partial charge in [-0.1, -0.05) is 32.2 Å². The lowest BCUT2D eigenvalue weighted by molar-refractivity contribution is 0.104. The van der Waals surface area contributed by atoms with E-state index in [4.69, 9.17) is 9.73 Å². The van der Waals surface area contributed by atoms with Crippen LogP contribution in [0.4, 0.5) is 0 Å². The molecule has 0 spiro atoms. The molecule has 20 heavy (non-hydrogen) atoms. The average molecular weight is 287 g/mol. The lowest BCUT2D eigenvalue weighted by Crippen LogP contribution is -2.31. The van der Waals surface area contributed by atoms with Crippen LogP contribution >= 0.6 is 7.92 Å². The van der Waals surface area contributed by atoms with Gasteiger partial charge in [-0.2, -0.15) is 0 Å². The molecular formula is C17H22NOP. The SMILES string of the molecule is CC1N=C(C2=C(P(C)C)Cc3ccccc32)OC1(C)C. The molecule has 0 amide bonds. The number of ether oxygens (including phenoxy) is 1. The van der Waals surface area contributed by atoms with Crippen molar-refractivity contribution in [3.05, 3.63) is 40.7 Å². The van der Waals surface area contributed by atoms with Crippen molar-refractivity contribution < 1.29 is 4.74 Å². The van der Waals surface area contributed by atoms with Gasteiger partial charge in [0.2, 0.25) is 5.90 Å². The molecule has 0 fully saturated rings. The Morgan fingerprint density at radius 3 is 2.55 bits per heavy atom. The highest BCUT2D eigenvalue weighted by Crippen LogP contribution is 2.50. The van der Waals surface area contributed by atoms with Crippen molar-refractivity contribution in [3.63, 3.8) is 0 Å². The van der Waals surface area contributed by atoms with Crippen LogP contribution in [0.1, 0.15) is 31.9 Å². The molecule has 106 valence electrons. The summed E-state index contributed by atoms with van der Waals surface area (Å²) in [5.74, 6) is 0.860. The van der Waals surface area contributed by atoms with Crippen LogP contribution in [-0.4, -0.2) is 30.9 Å². The lowest BCUT2D eigenvalue weighted by atomic mass is 10.0. The minimum Gasteiger partial charge on any atom is -0.469 e. The van der Waals surface area contributed by atoms with Crippen LogP contribution in [-0.2, 0) is 11.2 Å². The molecular weight excluding hydrogens is 265 g/mol.